The first-order valence-corrected chi connectivity index (χ1v) is 33.1. The van der Waals surface area contributed by atoms with Crippen molar-refractivity contribution >= 4 is 119 Å². The molecule has 0 amide bonds. The van der Waals surface area contributed by atoms with Crippen molar-refractivity contribution in [1.82, 2.24) is 0 Å². The number of fused-ring (bicyclic) bond motifs is 14. The van der Waals surface area contributed by atoms with Gasteiger partial charge in [-0.2, -0.15) is 0 Å². The van der Waals surface area contributed by atoms with E-state index >= 15 is 0 Å². The van der Waals surface area contributed by atoms with Gasteiger partial charge in [0.15, 0.2) is 0 Å². The highest BCUT2D eigenvalue weighted by Crippen LogP contribution is 2.54. The van der Waals surface area contributed by atoms with Crippen LogP contribution in [0.2, 0.25) is 0 Å². The van der Waals surface area contributed by atoms with Gasteiger partial charge in [-0.05, 0) is 196 Å². The summed E-state index contributed by atoms with van der Waals surface area (Å²) in [6, 6.07) is 125. The van der Waals surface area contributed by atoms with Crippen molar-refractivity contribution in [2.45, 2.75) is 0 Å². The molecule has 20 aromatic rings. The molecular formula is C94H56O2. The molecular weight excluding hydrogens is 1160 g/mol. The number of benzene rings is 18. The fraction of sp³-hybridized carbons (Fsp3) is 0. The number of hydrogen-bond donors (Lipinski definition) is 0. The van der Waals surface area contributed by atoms with Crippen molar-refractivity contribution in [1.29, 1.82) is 0 Å². The average Bonchev–Trinajstić information content (AvgIpc) is 1.03. The summed E-state index contributed by atoms with van der Waals surface area (Å²) in [6.07, 6.45) is 0. The minimum atomic E-state index is 0.826. The summed E-state index contributed by atoms with van der Waals surface area (Å²) in [6.45, 7) is 0. The van der Waals surface area contributed by atoms with E-state index in [2.05, 4.69) is 340 Å². The van der Waals surface area contributed by atoms with Gasteiger partial charge in [-0.1, -0.05) is 297 Å². The van der Waals surface area contributed by atoms with Gasteiger partial charge >= 0.3 is 0 Å². The van der Waals surface area contributed by atoms with Crippen molar-refractivity contribution in [2.75, 3.05) is 0 Å². The molecule has 0 aliphatic rings. The van der Waals surface area contributed by atoms with E-state index in [4.69, 9.17) is 8.83 Å². The lowest BCUT2D eigenvalue weighted by atomic mass is 9.82. The molecule has 20 rings (SSSR count). The lowest BCUT2D eigenvalue weighted by Gasteiger charge is -2.21. The third kappa shape index (κ3) is 8.19. The Morgan fingerprint density at radius 1 is 0.156 bits per heavy atom. The molecule has 0 unspecified atom stereocenters. The predicted octanol–water partition coefficient (Wildman–Crippen LogP) is 26.9. The van der Waals surface area contributed by atoms with E-state index in [0.717, 1.165) is 99.3 Å². The van der Waals surface area contributed by atoms with Gasteiger partial charge in [0.1, 0.15) is 22.3 Å². The topological polar surface area (TPSA) is 26.3 Å². The van der Waals surface area contributed by atoms with Crippen LogP contribution < -0.4 is 0 Å². The molecule has 0 saturated heterocycles. The van der Waals surface area contributed by atoms with E-state index in [0.29, 0.717) is 0 Å². The highest BCUT2D eigenvalue weighted by molar-refractivity contribution is 6.31. The minimum Gasteiger partial charge on any atom is -0.455 e. The fourth-order valence-electron chi connectivity index (χ4n) is 16.3. The second-order valence-electron chi connectivity index (χ2n) is 25.5. The van der Waals surface area contributed by atoms with E-state index in [9.17, 15) is 0 Å². The van der Waals surface area contributed by atoms with Gasteiger partial charge in [0.25, 0.3) is 0 Å². The molecule has 2 aromatic heterocycles. The minimum absolute atomic E-state index is 0.826. The number of hydrogen-bond acceptors (Lipinski definition) is 2. The molecule has 0 spiro atoms. The van der Waals surface area contributed by atoms with Gasteiger partial charge in [0.2, 0.25) is 0 Å². The van der Waals surface area contributed by atoms with Crippen LogP contribution in [0.5, 0.6) is 0 Å². The molecule has 0 atom stereocenters. The van der Waals surface area contributed by atoms with Gasteiger partial charge in [0.05, 0.1) is 0 Å². The summed E-state index contributed by atoms with van der Waals surface area (Å²) in [4.78, 5) is 0. The molecule has 0 aliphatic heterocycles. The summed E-state index contributed by atoms with van der Waals surface area (Å²) in [7, 11) is 0. The molecule has 18 aromatic carbocycles. The van der Waals surface area contributed by atoms with E-state index in [1.54, 1.807) is 0 Å². The summed E-state index contributed by atoms with van der Waals surface area (Å²) < 4.78 is 14.5. The van der Waals surface area contributed by atoms with E-state index in [1.165, 1.54) is 109 Å². The lowest BCUT2D eigenvalue weighted by molar-refractivity contribution is 0.670. The summed E-state index contributed by atoms with van der Waals surface area (Å²) in [5.74, 6) is 0. The molecule has 0 N–H and O–H groups in total. The van der Waals surface area contributed by atoms with Crippen LogP contribution in [0.1, 0.15) is 0 Å². The first-order valence-electron chi connectivity index (χ1n) is 33.1. The first kappa shape index (κ1) is 54.0. The van der Waals surface area contributed by atoms with Crippen molar-refractivity contribution in [3.63, 3.8) is 0 Å². The molecule has 2 heteroatoms. The van der Waals surface area contributed by atoms with Crippen LogP contribution in [-0.2, 0) is 0 Å². The second kappa shape index (κ2) is 21.5. The van der Waals surface area contributed by atoms with Crippen molar-refractivity contribution in [3.05, 3.63) is 340 Å². The summed E-state index contributed by atoms with van der Waals surface area (Å²) in [5.41, 5.74) is 21.8. The zero-order valence-corrected chi connectivity index (χ0v) is 52.1. The quantitative estimate of drug-likeness (QED) is 0.112. The van der Waals surface area contributed by atoms with Crippen molar-refractivity contribution < 1.29 is 8.83 Å². The Balaban J connectivity index is 0.845. The number of para-hydroxylation sites is 1. The Hall–Kier alpha value is -12.6. The normalized spacial score (nSPS) is 12.0. The molecule has 0 fully saturated rings. The Labute approximate surface area is 553 Å². The SMILES string of the molecule is c1ccc(-c2ccc(-c3c4ccccc4c(-c4ccc(-c5ccccc5)c5oc6ccccc6c45)c4cc(-c5ccc6c(c5)oc5c(-c7ccccc7)ccc(-c7c8ccccc8c(-c8cc9ccccc9c9ccccc89)c8ccccc78)c56)ccc34)c3ccccc23)cc1. The molecule has 2 heterocycles. The molecule has 2 nitrogen and oxygen atoms in total. The predicted molar refractivity (Wildman–Crippen MR) is 407 cm³/mol. The van der Waals surface area contributed by atoms with Crippen LogP contribution >= 0.6 is 0 Å². The highest BCUT2D eigenvalue weighted by Gasteiger charge is 2.27. The van der Waals surface area contributed by atoms with E-state index in [-0.39, 0.29) is 0 Å². The van der Waals surface area contributed by atoms with Crippen LogP contribution in [0, 0.1) is 0 Å². The summed E-state index contributed by atoms with van der Waals surface area (Å²) in [5, 5.41) is 21.2. The highest BCUT2D eigenvalue weighted by atomic mass is 16.3. The third-order valence-electron chi connectivity index (χ3n) is 20.5. The smallest absolute Gasteiger partial charge is 0.143 e. The largest absolute Gasteiger partial charge is 0.455 e. The standard InChI is InChI=1S/C94H56O2/c1-4-24-57(25-5-1)64-48-51-77(69-34-14-12-33-68(64)69)87-71-36-16-21-41-76(71)90(82-53-50-65(58-26-6-2-7-27-58)93-91(82)79-42-22-23-43-85(79)95-93)84-54-60(44-46-78(84)87)61-45-47-80-86(56-61)96-94-66(59-28-8-3-9-29-59)49-52-81(92(80)94)88-72-37-17-19-39-74(72)89(75-40-20-18-38-73(75)88)83-55-62-30-10-11-31-63(62)67-32-13-15-35-70(67)83/h1-56H. The lowest BCUT2D eigenvalue weighted by Crippen LogP contribution is -1.94. The monoisotopic (exact) mass is 1220 g/mol. The molecule has 96 heavy (non-hydrogen) atoms. The fourth-order valence-corrected chi connectivity index (χ4v) is 16.3. The molecule has 0 saturated carbocycles. The Morgan fingerprint density at radius 3 is 1.04 bits per heavy atom. The maximum atomic E-state index is 7.48. The molecule has 0 radical (unpaired) electrons. The Morgan fingerprint density at radius 2 is 0.490 bits per heavy atom. The van der Waals surface area contributed by atoms with Crippen molar-refractivity contribution in [2.24, 2.45) is 0 Å². The molecule has 0 bridgehead atoms. The average molecular weight is 1220 g/mol. The van der Waals surface area contributed by atoms with Crippen LogP contribution in [0.25, 0.3) is 208 Å². The van der Waals surface area contributed by atoms with Crippen LogP contribution in [0.3, 0.4) is 0 Å². The zero-order valence-electron chi connectivity index (χ0n) is 52.1. The van der Waals surface area contributed by atoms with E-state index < -0.39 is 0 Å². The number of rotatable bonds is 8. The van der Waals surface area contributed by atoms with E-state index in [1.807, 2.05) is 0 Å². The van der Waals surface area contributed by atoms with Gasteiger partial charge in [-0.25, -0.2) is 0 Å². The van der Waals surface area contributed by atoms with Crippen molar-refractivity contribution in [3.8, 4) is 89.0 Å². The molecule has 444 valence electrons. The Kier molecular flexibility index (Phi) is 12.1. The van der Waals surface area contributed by atoms with Crippen LogP contribution in [-0.4, -0.2) is 0 Å². The maximum absolute atomic E-state index is 7.48. The molecule has 0 aliphatic carbocycles. The third-order valence-corrected chi connectivity index (χ3v) is 20.5. The zero-order chi connectivity index (χ0) is 63.0. The van der Waals surface area contributed by atoms with Gasteiger partial charge in [0, 0.05) is 32.7 Å². The van der Waals surface area contributed by atoms with Crippen LogP contribution in [0.4, 0.5) is 0 Å². The maximum Gasteiger partial charge on any atom is 0.143 e. The van der Waals surface area contributed by atoms with Gasteiger partial charge in [-0.3, -0.25) is 0 Å². The number of furan rings is 2. The van der Waals surface area contributed by atoms with Gasteiger partial charge < -0.3 is 8.83 Å². The van der Waals surface area contributed by atoms with Crippen LogP contribution in [0.15, 0.2) is 349 Å². The first-order chi connectivity index (χ1) is 47.7. The van der Waals surface area contributed by atoms with Gasteiger partial charge in [-0.15, -0.1) is 0 Å². The summed E-state index contributed by atoms with van der Waals surface area (Å²) >= 11 is 0. The second-order valence-corrected chi connectivity index (χ2v) is 25.5. The Bertz CT molecular complexity index is 6550.